The summed E-state index contributed by atoms with van der Waals surface area (Å²) in [4.78, 5) is 0. The molecule has 23 heavy (non-hydrogen) atoms. The Morgan fingerprint density at radius 3 is 1.70 bits per heavy atom. The van der Waals surface area contributed by atoms with Gasteiger partial charge >= 0.3 is 0 Å². The molecular weight excluding hydrogens is 316 g/mol. The highest BCUT2D eigenvalue weighted by atomic mass is 16.8. The lowest BCUT2D eigenvalue weighted by atomic mass is 9.91. The van der Waals surface area contributed by atoms with Gasteiger partial charge in [-0.15, -0.1) is 0 Å². The fourth-order valence-electron chi connectivity index (χ4n) is 2.70. The van der Waals surface area contributed by atoms with Crippen LogP contribution in [0.4, 0.5) is 0 Å². The van der Waals surface area contributed by atoms with E-state index in [9.17, 15) is 30.6 Å². The lowest BCUT2D eigenvalue weighted by Crippen LogP contribution is -2.62. The van der Waals surface area contributed by atoms with Crippen LogP contribution in [-0.2, 0) is 14.2 Å². The van der Waals surface area contributed by atoms with Crippen LogP contribution in [0, 0.1) is 5.92 Å². The van der Waals surface area contributed by atoms with Gasteiger partial charge in [0.15, 0.2) is 12.6 Å². The van der Waals surface area contributed by atoms with Gasteiger partial charge in [-0.3, -0.25) is 0 Å². The first-order valence-corrected chi connectivity index (χ1v) is 7.40. The zero-order valence-corrected chi connectivity index (χ0v) is 12.5. The number of hydrogen-bond donors (Lipinski definition) is 7. The SMILES string of the molecule is C[C@@H]1C(CO)O[C@H](O[C@H]2OC(CO)[C@@H](O)C(O)C2O)C(O)C1O. The van der Waals surface area contributed by atoms with Gasteiger partial charge in [0.2, 0.25) is 0 Å². The molecule has 0 amide bonds. The molecule has 0 saturated carbocycles. The molecule has 0 aromatic rings. The minimum absolute atomic E-state index is 0.417. The Labute approximate surface area is 132 Å². The van der Waals surface area contributed by atoms with Crippen LogP contribution >= 0.6 is 0 Å². The highest BCUT2D eigenvalue weighted by Gasteiger charge is 2.48. The Kier molecular flexibility index (Phi) is 6.30. The van der Waals surface area contributed by atoms with Crippen molar-refractivity contribution in [2.75, 3.05) is 13.2 Å². The van der Waals surface area contributed by atoms with Crippen LogP contribution in [0.15, 0.2) is 0 Å². The number of rotatable bonds is 4. The Hall–Kier alpha value is -0.400. The highest BCUT2D eigenvalue weighted by Crippen LogP contribution is 2.30. The average Bonchev–Trinajstić information content (AvgIpc) is 2.55. The largest absolute Gasteiger partial charge is 0.394 e. The predicted octanol–water partition coefficient (Wildman–Crippen LogP) is -4.12. The molecule has 2 heterocycles. The maximum Gasteiger partial charge on any atom is 0.189 e. The molecule has 0 spiro atoms. The molecule has 2 aliphatic heterocycles. The van der Waals surface area contributed by atoms with E-state index in [2.05, 4.69) is 0 Å². The molecule has 136 valence electrons. The van der Waals surface area contributed by atoms with Crippen molar-refractivity contribution in [1.82, 2.24) is 0 Å². The smallest absolute Gasteiger partial charge is 0.189 e. The van der Waals surface area contributed by atoms with E-state index in [0.29, 0.717) is 0 Å². The zero-order chi connectivity index (χ0) is 17.3. The van der Waals surface area contributed by atoms with E-state index in [-0.39, 0.29) is 0 Å². The Balaban J connectivity index is 2.07. The van der Waals surface area contributed by atoms with Crippen LogP contribution in [0.5, 0.6) is 0 Å². The van der Waals surface area contributed by atoms with Gasteiger partial charge in [-0.2, -0.15) is 0 Å². The molecule has 0 aromatic carbocycles. The highest BCUT2D eigenvalue weighted by molar-refractivity contribution is 4.91. The number of aliphatic hydroxyl groups is 7. The van der Waals surface area contributed by atoms with E-state index in [1.165, 1.54) is 0 Å². The predicted molar refractivity (Wildman–Crippen MR) is 71.8 cm³/mol. The standard InChI is InChI=1S/C13H24O10/c1-4-5(2-14)21-12(10(19)7(4)16)23-13-11(20)9(18)8(17)6(3-15)22-13/h4-20H,2-3H2,1H3/t4-,5?,6?,7?,8-,9?,10?,11?,12-,13-/m1/s1. The topological polar surface area (TPSA) is 169 Å². The van der Waals surface area contributed by atoms with Crippen LogP contribution in [0.3, 0.4) is 0 Å². The first-order chi connectivity index (χ1) is 10.8. The third kappa shape index (κ3) is 3.66. The van der Waals surface area contributed by atoms with Gasteiger partial charge in [-0.05, 0) is 0 Å². The summed E-state index contributed by atoms with van der Waals surface area (Å²) in [5.74, 6) is -0.551. The summed E-state index contributed by atoms with van der Waals surface area (Å²) in [7, 11) is 0. The maximum absolute atomic E-state index is 10.00. The molecule has 2 rings (SSSR count). The van der Waals surface area contributed by atoms with Crippen LogP contribution in [0.2, 0.25) is 0 Å². The summed E-state index contributed by atoms with van der Waals surface area (Å²) in [5, 5.41) is 67.6. The van der Waals surface area contributed by atoms with Crippen molar-refractivity contribution < 1.29 is 50.0 Å². The molecule has 6 unspecified atom stereocenters. The van der Waals surface area contributed by atoms with Gasteiger partial charge < -0.3 is 50.0 Å². The van der Waals surface area contributed by atoms with Crippen molar-refractivity contribution in [3.8, 4) is 0 Å². The molecule has 0 radical (unpaired) electrons. The summed E-state index contributed by atoms with van der Waals surface area (Å²) in [5.41, 5.74) is 0. The molecule has 2 fully saturated rings. The number of hydrogen-bond acceptors (Lipinski definition) is 10. The fourth-order valence-corrected chi connectivity index (χ4v) is 2.70. The molecule has 2 saturated heterocycles. The van der Waals surface area contributed by atoms with Gasteiger partial charge in [0.1, 0.15) is 30.5 Å². The van der Waals surface area contributed by atoms with Crippen LogP contribution in [-0.4, -0.2) is 104 Å². The molecular formula is C13H24O10. The Morgan fingerprint density at radius 2 is 1.17 bits per heavy atom. The van der Waals surface area contributed by atoms with E-state index in [4.69, 9.17) is 19.3 Å². The fraction of sp³-hybridized carbons (Fsp3) is 1.00. The summed E-state index contributed by atoms with van der Waals surface area (Å²) in [6.07, 6.45) is -12.5. The third-order valence-corrected chi connectivity index (χ3v) is 4.36. The van der Waals surface area contributed by atoms with Crippen LogP contribution < -0.4 is 0 Å². The maximum atomic E-state index is 10.00. The van der Waals surface area contributed by atoms with Crippen LogP contribution in [0.25, 0.3) is 0 Å². The molecule has 0 aliphatic carbocycles. The Morgan fingerprint density at radius 1 is 0.696 bits per heavy atom. The van der Waals surface area contributed by atoms with E-state index < -0.39 is 74.4 Å². The number of ether oxygens (including phenoxy) is 3. The summed E-state index contributed by atoms with van der Waals surface area (Å²) in [6.45, 7) is 0.538. The van der Waals surface area contributed by atoms with Gasteiger partial charge in [0, 0.05) is 5.92 Å². The first kappa shape index (κ1) is 18.9. The molecule has 0 bridgehead atoms. The third-order valence-electron chi connectivity index (χ3n) is 4.36. The lowest BCUT2D eigenvalue weighted by molar-refractivity contribution is -0.372. The molecule has 10 atom stereocenters. The summed E-state index contributed by atoms with van der Waals surface area (Å²) in [6, 6.07) is 0. The van der Waals surface area contributed by atoms with Gasteiger partial charge in [0.25, 0.3) is 0 Å². The molecule has 2 aliphatic rings. The summed E-state index contributed by atoms with van der Waals surface area (Å²) < 4.78 is 15.7. The first-order valence-electron chi connectivity index (χ1n) is 7.40. The molecule has 7 N–H and O–H groups in total. The van der Waals surface area contributed by atoms with Gasteiger partial charge in [-0.25, -0.2) is 0 Å². The van der Waals surface area contributed by atoms with Crippen molar-refractivity contribution in [3.63, 3.8) is 0 Å². The quantitative estimate of drug-likeness (QED) is 0.267. The van der Waals surface area contributed by atoms with Crippen molar-refractivity contribution in [3.05, 3.63) is 0 Å². The second-order valence-corrected chi connectivity index (χ2v) is 5.90. The van der Waals surface area contributed by atoms with Gasteiger partial charge in [0.05, 0.1) is 25.4 Å². The minimum atomic E-state index is -1.66. The second kappa shape index (κ2) is 7.66. The van der Waals surface area contributed by atoms with Crippen molar-refractivity contribution in [2.45, 2.75) is 62.2 Å². The molecule has 10 heteroatoms. The van der Waals surface area contributed by atoms with E-state index in [1.54, 1.807) is 6.92 Å². The second-order valence-electron chi connectivity index (χ2n) is 5.90. The van der Waals surface area contributed by atoms with E-state index in [0.717, 1.165) is 0 Å². The Bertz CT molecular complexity index is 344. The molecule has 10 nitrogen and oxygen atoms in total. The van der Waals surface area contributed by atoms with Crippen molar-refractivity contribution >= 4 is 0 Å². The van der Waals surface area contributed by atoms with E-state index >= 15 is 0 Å². The van der Waals surface area contributed by atoms with E-state index in [1.807, 2.05) is 0 Å². The average molecular weight is 340 g/mol. The zero-order valence-electron chi connectivity index (χ0n) is 12.5. The van der Waals surface area contributed by atoms with Crippen LogP contribution in [0.1, 0.15) is 6.92 Å². The normalized spacial score (nSPS) is 51.7. The van der Waals surface area contributed by atoms with Crippen molar-refractivity contribution in [2.24, 2.45) is 5.92 Å². The monoisotopic (exact) mass is 340 g/mol. The molecule has 0 aromatic heterocycles. The van der Waals surface area contributed by atoms with Crippen molar-refractivity contribution in [1.29, 1.82) is 0 Å². The summed E-state index contributed by atoms with van der Waals surface area (Å²) >= 11 is 0. The minimum Gasteiger partial charge on any atom is -0.394 e. The van der Waals surface area contributed by atoms with Gasteiger partial charge in [-0.1, -0.05) is 6.92 Å². The number of aliphatic hydroxyl groups excluding tert-OH is 7. The lowest BCUT2D eigenvalue weighted by Gasteiger charge is -2.45.